The molecule has 2 aromatic heterocycles. The molecular formula is C39H33BN2O. The van der Waals surface area contributed by atoms with E-state index >= 15 is 0 Å². The molecule has 4 heteroatoms. The molecule has 0 N–H and O–H groups in total. The number of hydrogen-bond donors (Lipinski definition) is 0. The summed E-state index contributed by atoms with van der Waals surface area (Å²) >= 11 is 0. The molecule has 0 unspecified atom stereocenters. The number of rotatable bonds is 1. The van der Waals surface area contributed by atoms with Crippen LogP contribution < -0.4 is 16.4 Å². The molecule has 9 rings (SSSR count). The molecule has 0 amide bonds. The van der Waals surface area contributed by atoms with Crippen LogP contribution in [0.4, 0.5) is 0 Å². The highest BCUT2D eigenvalue weighted by molar-refractivity contribution is 7.02. The van der Waals surface area contributed by atoms with Crippen LogP contribution in [0.25, 0.3) is 60.8 Å². The number of hydrogen-bond acceptors (Lipinski definition) is 2. The lowest BCUT2D eigenvalue weighted by Gasteiger charge is -2.34. The number of para-hydroxylation sites is 1. The Labute approximate surface area is 252 Å². The number of aromatic nitrogens is 2. The molecule has 2 aliphatic rings. The van der Waals surface area contributed by atoms with E-state index in [1.54, 1.807) is 0 Å². The number of nitrogens with zero attached hydrogens (tertiary/aromatic N) is 2. The van der Waals surface area contributed by atoms with Gasteiger partial charge in [-0.25, -0.2) is 4.68 Å². The molecule has 43 heavy (non-hydrogen) atoms. The smallest absolute Gasteiger partial charge is 0.253 e. The number of fused-ring (bicyclic) bond motifs is 9. The van der Waals surface area contributed by atoms with Gasteiger partial charge in [-0.05, 0) is 78.8 Å². The van der Waals surface area contributed by atoms with Crippen LogP contribution in [0.2, 0.25) is 0 Å². The normalized spacial score (nSPS) is 13.8. The third-order valence-electron chi connectivity index (χ3n) is 9.71. The van der Waals surface area contributed by atoms with Crippen molar-refractivity contribution in [3.8, 4) is 27.9 Å². The van der Waals surface area contributed by atoms with Gasteiger partial charge in [0.2, 0.25) is 0 Å². The van der Waals surface area contributed by atoms with Crippen molar-refractivity contribution in [2.45, 2.75) is 52.4 Å². The molecular weight excluding hydrogens is 523 g/mol. The summed E-state index contributed by atoms with van der Waals surface area (Å²) in [6, 6.07) is 31.0. The average Bonchev–Trinajstić information content (AvgIpc) is 3.67. The largest absolute Gasteiger partial charge is 0.457 e. The molecule has 7 aromatic rings. The summed E-state index contributed by atoms with van der Waals surface area (Å²) in [5, 5.41) is 8.66. The van der Waals surface area contributed by atoms with E-state index < -0.39 is 0 Å². The zero-order chi connectivity index (χ0) is 29.4. The molecule has 0 aliphatic carbocycles. The molecule has 3 nitrogen and oxygen atoms in total. The Hall–Kier alpha value is -4.57. The van der Waals surface area contributed by atoms with Gasteiger partial charge in [0.15, 0.2) is 0 Å². The van der Waals surface area contributed by atoms with E-state index in [9.17, 15) is 0 Å². The fourth-order valence-corrected chi connectivity index (χ4v) is 7.81. The van der Waals surface area contributed by atoms with Crippen LogP contribution in [-0.4, -0.2) is 16.5 Å². The Morgan fingerprint density at radius 3 is 2.21 bits per heavy atom. The highest BCUT2D eigenvalue weighted by Crippen LogP contribution is 2.45. The monoisotopic (exact) mass is 556 g/mol. The first-order valence-electron chi connectivity index (χ1n) is 15.3. The highest BCUT2D eigenvalue weighted by atomic mass is 16.3. The van der Waals surface area contributed by atoms with Crippen LogP contribution in [0.15, 0.2) is 95.5 Å². The van der Waals surface area contributed by atoms with Crippen LogP contribution in [-0.2, 0) is 10.8 Å². The molecule has 0 saturated carbocycles. The molecule has 4 heterocycles. The minimum atomic E-state index is -0.0713. The molecule has 208 valence electrons. The lowest BCUT2D eigenvalue weighted by molar-refractivity contribution is 0.567. The molecule has 0 saturated heterocycles. The number of furan rings is 1. The van der Waals surface area contributed by atoms with Crippen LogP contribution in [0.1, 0.15) is 52.7 Å². The highest BCUT2D eigenvalue weighted by Gasteiger charge is 2.47. The number of benzene rings is 5. The second-order valence-electron chi connectivity index (χ2n) is 14.5. The van der Waals surface area contributed by atoms with E-state index in [2.05, 4.69) is 137 Å². The quantitative estimate of drug-likeness (QED) is 0.192. The van der Waals surface area contributed by atoms with Crippen molar-refractivity contribution < 1.29 is 4.42 Å². The van der Waals surface area contributed by atoms with E-state index in [0.717, 1.165) is 11.2 Å². The van der Waals surface area contributed by atoms with Crippen LogP contribution in [0.3, 0.4) is 0 Å². The minimum Gasteiger partial charge on any atom is -0.457 e. The van der Waals surface area contributed by atoms with E-state index in [-0.39, 0.29) is 17.5 Å². The van der Waals surface area contributed by atoms with Gasteiger partial charge >= 0.3 is 0 Å². The average molecular weight is 557 g/mol. The van der Waals surface area contributed by atoms with E-state index in [0.29, 0.717) is 0 Å². The topological polar surface area (TPSA) is 31.0 Å². The fourth-order valence-electron chi connectivity index (χ4n) is 7.81. The predicted molar refractivity (Wildman–Crippen MR) is 181 cm³/mol. The van der Waals surface area contributed by atoms with Gasteiger partial charge in [0.05, 0.1) is 17.4 Å². The lowest BCUT2D eigenvalue weighted by atomic mass is 9.37. The van der Waals surface area contributed by atoms with Gasteiger partial charge < -0.3 is 4.42 Å². The maximum atomic E-state index is 6.80. The molecule has 0 radical (unpaired) electrons. The van der Waals surface area contributed by atoms with Crippen LogP contribution >= 0.6 is 0 Å². The van der Waals surface area contributed by atoms with Crippen molar-refractivity contribution in [2.24, 2.45) is 0 Å². The van der Waals surface area contributed by atoms with Crippen molar-refractivity contribution in [3.63, 3.8) is 0 Å². The van der Waals surface area contributed by atoms with Crippen molar-refractivity contribution in [3.05, 3.63) is 102 Å². The lowest BCUT2D eigenvalue weighted by Crippen LogP contribution is -2.54. The van der Waals surface area contributed by atoms with Gasteiger partial charge in [-0.3, -0.25) is 0 Å². The summed E-state index contributed by atoms with van der Waals surface area (Å²) in [6.07, 6.45) is 2.06. The first-order valence-corrected chi connectivity index (χ1v) is 15.3. The van der Waals surface area contributed by atoms with Gasteiger partial charge in [-0.1, -0.05) is 108 Å². The van der Waals surface area contributed by atoms with Crippen LogP contribution in [0, 0.1) is 0 Å². The molecule has 0 fully saturated rings. The summed E-state index contributed by atoms with van der Waals surface area (Å²) in [5.41, 5.74) is 16.1. The Balaban J connectivity index is 1.50. The molecule has 5 aromatic carbocycles. The summed E-state index contributed by atoms with van der Waals surface area (Å²) < 4.78 is 9.06. The summed E-state index contributed by atoms with van der Waals surface area (Å²) in [7, 11) is 0. The molecule has 0 spiro atoms. The SMILES string of the molecule is CC(C)(C)c1cc(C(C)(C)C)c2c3c1-c1ccc4c(oc5ccccc54)c1B3c1cc(-c3ccccc3)cc3cnn-2c13. The van der Waals surface area contributed by atoms with Gasteiger partial charge in [0.1, 0.15) is 11.2 Å². The second kappa shape index (κ2) is 8.08. The Morgan fingerprint density at radius 1 is 0.698 bits per heavy atom. The zero-order valence-electron chi connectivity index (χ0n) is 25.5. The summed E-state index contributed by atoms with van der Waals surface area (Å²) in [6.45, 7) is 14.1. The van der Waals surface area contributed by atoms with Crippen molar-refractivity contribution in [2.75, 3.05) is 0 Å². The first-order chi connectivity index (χ1) is 20.6. The summed E-state index contributed by atoms with van der Waals surface area (Å²) in [5.74, 6) is 0. The Kier molecular flexibility index (Phi) is 4.69. The third kappa shape index (κ3) is 3.24. The maximum absolute atomic E-state index is 6.80. The first kappa shape index (κ1) is 25.0. The maximum Gasteiger partial charge on any atom is 0.253 e. The van der Waals surface area contributed by atoms with Crippen LogP contribution in [0.5, 0.6) is 0 Å². The van der Waals surface area contributed by atoms with E-state index in [1.807, 2.05) is 0 Å². The predicted octanol–water partition coefficient (Wildman–Crippen LogP) is 8.00. The second-order valence-corrected chi connectivity index (χ2v) is 14.5. The van der Waals surface area contributed by atoms with Crippen molar-refractivity contribution in [1.29, 1.82) is 0 Å². The Morgan fingerprint density at radius 2 is 1.44 bits per heavy atom. The van der Waals surface area contributed by atoms with Gasteiger partial charge in [-0.15, -0.1) is 0 Å². The third-order valence-corrected chi connectivity index (χ3v) is 9.71. The van der Waals surface area contributed by atoms with E-state index in [4.69, 9.17) is 9.52 Å². The Bertz CT molecular complexity index is 2310. The van der Waals surface area contributed by atoms with Gasteiger partial charge in [0, 0.05) is 16.2 Å². The standard InChI is InChI=1S/C39H33BN2O/c1-38(2,3)28-20-29(39(4,5)6)36-34-32(28)27-17-16-26-25-14-10-11-15-31(25)43-37(26)33(27)40(34)30-19-23(22-12-8-7-9-13-22)18-24-21-41-42(36)35(24)30/h7-21H,1-6H3. The van der Waals surface area contributed by atoms with E-state index in [1.165, 1.54) is 77.1 Å². The zero-order valence-corrected chi connectivity index (χ0v) is 25.5. The van der Waals surface area contributed by atoms with Gasteiger partial charge in [-0.2, -0.15) is 5.10 Å². The summed E-state index contributed by atoms with van der Waals surface area (Å²) in [4.78, 5) is 0. The minimum absolute atomic E-state index is 0.0445. The fraction of sp³-hybridized carbons (Fsp3) is 0.205. The van der Waals surface area contributed by atoms with Gasteiger partial charge in [0.25, 0.3) is 6.71 Å². The molecule has 0 bridgehead atoms. The van der Waals surface area contributed by atoms with Crippen molar-refractivity contribution in [1.82, 2.24) is 9.78 Å². The van der Waals surface area contributed by atoms with Crippen molar-refractivity contribution >= 4 is 55.9 Å². The molecule has 2 aliphatic heterocycles. The molecule has 0 atom stereocenters.